The lowest BCUT2D eigenvalue weighted by Crippen LogP contribution is -2.10. The maximum atomic E-state index is 13.9. The number of rotatable bonds is 6. The van der Waals surface area contributed by atoms with Crippen LogP contribution in [0.3, 0.4) is 0 Å². The monoisotopic (exact) mass is 342 g/mol. The van der Waals surface area contributed by atoms with Crippen LogP contribution >= 0.6 is 0 Å². The SMILES string of the molecule is OCCNc1nc(Nc2cccc(F)c2F)cc(-c2ccccc2)n1. The van der Waals surface area contributed by atoms with Crippen molar-refractivity contribution in [3.05, 3.63) is 66.2 Å². The van der Waals surface area contributed by atoms with Crippen molar-refractivity contribution in [1.29, 1.82) is 0 Å². The summed E-state index contributed by atoms with van der Waals surface area (Å²) in [4.78, 5) is 8.61. The fraction of sp³-hybridized carbons (Fsp3) is 0.111. The molecular formula is C18H16F2N4O. The molecule has 128 valence electrons. The number of benzene rings is 2. The van der Waals surface area contributed by atoms with Gasteiger partial charge in [-0.05, 0) is 12.1 Å². The van der Waals surface area contributed by atoms with Crippen LogP contribution in [-0.4, -0.2) is 28.2 Å². The lowest BCUT2D eigenvalue weighted by Gasteiger charge is -2.11. The molecule has 0 saturated carbocycles. The Kier molecular flexibility index (Phi) is 5.15. The molecular weight excluding hydrogens is 326 g/mol. The number of nitrogens with zero attached hydrogens (tertiary/aromatic N) is 2. The first-order chi connectivity index (χ1) is 12.2. The number of aromatic nitrogens is 2. The van der Waals surface area contributed by atoms with E-state index in [0.717, 1.165) is 11.6 Å². The predicted octanol–water partition coefficient (Wildman–Crippen LogP) is 3.57. The van der Waals surface area contributed by atoms with Crippen molar-refractivity contribution in [2.45, 2.75) is 0 Å². The van der Waals surface area contributed by atoms with E-state index in [2.05, 4.69) is 20.6 Å². The highest BCUT2D eigenvalue weighted by Gasteiger charge is 2.11. The maximum absolute atomic E-state index is 13.9. The third-order valence-corrected chi connectivity index (χ3v) is 3.40. The van der Waals surface area contributed by atoms with Gasteiger partial charge in [-0.2, -0.15) is 4.98 Å². The van der Waals surface area contributed by atoms with Crippen molar-refractivity contribution in [2.24, 2.45) is 0 Å². The minimum atomic E-state index is -0.979. The minimum absolute atomic E-state index is 0.0224. The van der Waals surface area contributed by atoms with Crippen molar-refractivity contribution in [2.75, 3.05) is 23.8 Å². The molecule has 0 aliphatic heterocycles. The first kappa shape index (κ1) is 16.8. The molecule has 0 saturated heterocycles. The maximum Gasteiger partial charge on any atom is 0.225 e. The molecule has 3 N–H and O–H groups in total. The lowest BCUT2D eigenvalue weighted by atomic mass is 10.1. The number of halogens is 2. The van der Waals surface area contributed by atoms with Crippen LogP contribution in [0.15, 0.2) is 54.6 Å². The van der Waals surface area contributed by atoms with E-state index in [1.807, 2.05) is 30.3 Å². The highest BCUT2D eigenvalue weighted by molar-refractivity contribution is 5.67. The van der Waals surface area contributed by atoms with E-state index in [9.17, 15) is 8.78 Å². The average molecular weight is 342 g/mol. The summed E-state index contributed by atoms with van der Waals surface area (Å²) in [5, 5.41) is 14.6. The molecule has 0 atom stereocenters. The van der Waals surface area contributed by atoms with E-state index < -0.39 is 11.6 Å². The lowest BCUT2D eigenvalue weighted by molar-refractivity contribution is 0.311. The molecule has 0 aliphatic rings. The predicted molar refractivity (Wildman–Crippen MR) is 92.7 cm³/mol. The van der Waals surface area contributed by atoms with Crippen molar-refractivity contribution in [3.63, 3.8) is 0 Å². The topological polar surface area (TPSA) is 70.1 Å². The fourth-order valence-electron chi connectivity index (χ4n) is 2.25. The van der Waals surface area contributed by atoms with Gasteiger partial charge in [0.1, 0.15) is 5.82 Å². The number of hydrogen-bond acceptors (Lipinski definition) is 5. The third-order valence-electron chi connectivity index (χ3n) is 3.40. The van der Waals surface area contributed by atoms with Crippen molar-refractivity contribution >= 4 is 17.5 Å². The largest absolute Gasteiger partial charge is 0.395 e. The molecule has 3 aromatic rings. The van der Waals surface area contributed by atoms with Gasteiger partial charge in [0.25, 0.3) is 0 Å². The zero-order chi connectivity index (χ0) is 17.6. The van der Waals surface area contributed by atoms with E-state index in [1.54, 1.807) is 6.07 Å². The zero-order valence-electron chi connectivity index (χ0n) is 13.2. The van der Waals surface area contributed by atoms with Crippen molar-refractivity contribution in [3.8, 4) is 11.3 Å². The number of aliphatic hydroxyl groups excluding tert-OH is 1. The Bertz CT molecular complexity index is 859. The summed E-state index contributed by atoms with van der Waals surface area (Å²) in [7, 11) is 0. The summed E-state index contributed by atoms with van der Waals surface area (Å²) in [5.74, 6) is -1.35. The van der Waals surface area contributed by atoms with E-state index in [0.29, 0.717) is 11.5 Å². The van der Waals surface area contributed by atoms with E-state index in [4.69, 9.17) is 5.11 Å². The minimum Gasteiger partial charge on any atom is -0.395 e. The Labute approximate surface area is 143 Å². The fourth-order valence-corrected chi connectivity index (χ4v) is 2.25. The van der Waals surface area contributed by atoms with Crippen LogP contribution < -0.4 is 10.6 Å². The second-order valence-electron chi connectivity index (χ2n) is 5.20. The highest BCUT2D eigenvalue weighted by atomic mass is 19.2. The summed E-state index contributed by atoms with van der Waals surface area (Å²) < 4.78 is 27.3. The van der Waals surface area contributed by atoms with Gasteiger partial charge in [0.05, 0.1) is 18.0 Å². The second-order valence-corrected chi connectivity index (χ2v) is 5.20. The smallest absolute Gasteiger partial charge is 0.225 e. The molecule has 0 amide bonds. The van der Waals surface area contributed by atoms with Gasteiger partial charge in [0.15, 0.2) is 11.6 Å². The summed E-state index contributed by atoms with van der Waals surface area (Å²) in [6.45, 7) is 0.187. The molecule has 5 nitrogen and oxygen atoms in total. The van der Waals surface area contributed by atoms with Gasteiger partial charge in [-0.1, -0.05) is 36.4 Å². The normalized spacial score (nSPS) is 10.5. The third kappa shape index (κ3) is 4.07. The summed E-state index contributed by atoms with van der Waals surface area (Å²) in [6.07, 6.45) is 0. The molecule has 3 rings (SSSR count). The van der Waals surface area contributed by atoms with E-state index in [1.165, 1.54) is 12.1 Å². The van der Waals surface area contributed by atoms with E-state index >= 15 is 0 Å². The van der Waals surface area contributed by atoms with Gasteiger partial charge in [-0.3, -0.25) is 0 Å². The number of anilines is 3. The van der Waals surface area contributed by atoms with Gasteiger partial charge in [-0.15, -0.1) is 0 Å². The molecule has 0 radical (unpaired) electrons. The van der Waals surface area contributed by atoms with Crippen LogP contribution in [0.1, 0.15) is 0 Å². The molecule has 1 aromatic heterocycles. The van der Waals surface area contributed by atoms with Crippen molar-refractivity contribution < 1.29 is 13.9 Å². The molecule has 0 unspecified atom stereocenters. The molecule has 0 bridgehead atoms. The van der Waals surface area contributed by atoms with Gasteiger partial charge in [0.2, 0.25) is 5.95 Å². The van der Waals surface area contributed by atoms with Gasteiger partial charge >= 0.3 is 0 Å². The summed E-state index contributed by atoms with van der Waals surface area (Å²) in [5.41, 5.74) is 1.43. The first-order valence-corrected chi connectivity index (χ1v) is 7.67. The molecule has 0 aliphatic carbocycles. The Morgan fingerprint density at radius 2 is 1.76 bits per heavy atom. The molecule has 7 heteroatoms. The molecule has 0 spiro atoms. The van der Waals surface area contributed by atoms with Gasteiger partial charge in [0, 0.05) is 18.2 Å². The van der Waals surface area contributed by atoms with Gasteiger partial charge < -0.3 is 15.7 Å². The zero-order valence-corrected chi connectivity index (χ0v) is 13.2. The van der Waals surface area contributed by atoms with Crippen LogP contribution in [0.25, 0.3) is 11.3 Å². The van der Waals surface area contributed by atoms with Crippen molar-refractivity contribution in [1.82, 2.24) is 9.97 Å². The quantitative estimate of drug-likeness (QED) is 0.639. The Morgan fingerprint density at radius 1 is 0.960 bits per heavy atom. The Hall–Kier alpha value is -3.06. The summed E-state index contributed by atoms with van der Waals surface area (Å²) in [6, 6.07) is 14.9. The highest BCUT2D eigenvalue weighted by Crippen LogP contribution is 2.25. The molecule has 2 aromatic carbocycles. The van der Waals surface area contributed by atoms with E-state index in [-0.39, 0.29) is 24.8 Å². The number of hydrogen-bond donors (Lipinski definition) is 3. The second kappa shape index (κ2) is 7.67. The van der Waals surface area contributed by atoms with Crippen LogP contribution in [0.4, 0.5) is 26.2 Å². The van der Waals surface area contributed by atoms with Crippen LogP contribution in [0, 0.1) is 11.6 Å². The summed E-state index contributed by atoms with van der Waals surface area (Å²) >= 11 is 0. The van der Waals surface area contributed by atoms with Crippen LogP contribution in [0.2, 0.25) is 0 Å². The standard InChI is InChI=1S/C18H16F2N4O/c19-13-7-4-8-14(17(13)20)22-16-11-15(12-5-2-1-3-6-12)23-18(24-16)21-9-10-25/h1-8,11,25H,9-10H2,(H2,21,22,23,24). The first-order valence-electron chi connectivity index (χ1n) is 7.67. The van der Waals surface area contributed by atoms with Crippen LogP contribution in [-0.2, 0) is 0 Å². The molecule has 25 heavy (non-hydrogen) atoms. The Morgan fingerprint density at radius 3 is 2.52 bits per heavy atom. The Balaban J connectivity index is 1.98. The molecule has 1 heterocycles. The average Bonchev–Trinajstić information content (AvgIpc) is 2.64. The molecule has 0 fully saturated rings. The van der Waals surface area contributed by atoms with Crippen LogP contribution in [0.5, 0.6) is 0 Å². The van der Waals surface area contributed by atoms with Gasteiger partial charge in [-0.25, -0.2) is 13.8 Å². The number of nitrogens with one attached hydrogen (secondary N) is 2. The number of aliphatic hydroxyl groups is 1.